The molecule has 0 aliphatic carbocycles. The second-order valence-electron chi connectivity index (χ2n) is 6.05. The fourth-order valence-corrected chi connectivity index (χ4v) is 3.09. The minimum Gasteiger partial charge on any atom is -0.458 e. The molecule has 2 aromatic heterocycles. The van der Waals surface area contributed by atoms with E-state index in [1.165, 1.54) is 0 Å². The van der Waals surface area contributed by atoms with Crippen molar-refractivity contribution in [2.24, 2.45) is 0 Å². The van der Waals surface area contributed by atoms with Crippen LogP contribution in [0.5, 0.6) is 6.01 Å². The molecule has 1 aliphatic heterocycles. The van der Waals surface area contributed by atoms with Crippen LogP contribution in [0.25, 0.3) is 10.9 Å². The van der Waals surface area contributed by atoms with Crippen molar-refractivity contribution < 1.29 is 13.9 Å². The molecule has 1 fully saturated rings. The number of carbonyl (C=O) groups excluding carboxylic acids is 1. The number of hydrogen-bond donors (Lipinski definition) is 0. The summed E-state index contributed by atoms with van der Waals surface area (Å²) in [5, 5.41) is 1.12. The Kier molecular flexibility index (Phi) is 4.05. The maximum Gasteiger partial charge on any atom is 0.316 e. The molecule has 7 heteroatoms. The van der Waals surface area contributed by atoms with Gasteiger partial charge in [-0.25, -0.2) is 14.4 Å². The lowest BCUT2D eigenvalue weighted by molar-refractivity contribution is -0.131. The number of fused-ring (bicyclic) bond motifs is 1. The second kappa shape index (κ2) is 6.51. The molecular formula is C18H17FN4O2. The maximum atomic E-state index is 12.8. The van der Waals surface area contributed by atoms with Crippen molar-refractivity contribution >= 4 is 16.8 Å². The van der Waals surface area contributed by atoms with Crippen molar-refractivity contribution in [1.82, 2.24) is 19.4 Å². The molecule has 0 spiro atoms. The van der Waals surface area contributed by atoms with Crippen LogP contribution in [0, 0.1) is 5.82 Å². The Hall–Kier alpha value is -2.96. The molecule has 0 bridgehead atoms. The number of benzene rings is 1. The van der Waals surface area contributed by atoms with Gasteiger partial charge in [-0.2, -0.15) is 0 Å². The molecule has 1 aromatic carbocycles. The van der Waals surface area contributed by atoms with Crippen LogP contribution in [-0.2, 0) is 11.3 Å². The molecule has 1 amide bonds. The molecule has 0 unspecified atom stereocenters. The highest BCUT2D eigenvalue weighted by molar-refractivity contribution is 5.83. The van der Waals surface area contributed by atoms with E-state index in [-0.39, 0.29) is 18.0 Å². The Morgan fingerprint density at radius 1 is 1.24 bits per heavy atom. The predicted octanol–water partition coefficient (Wildman–Crippen LogP) is 2.25. The van der Waals surface area contributed by atoms with Crippen molar-refractivity contribution in [2.75, 3.05) is 13.1 Å². The number of aromatic nitrogens is 3. The number of rotatable bonds is 4. The van der Waals surface area contributed by atoms with Crippen LogP contribution in [0.2, 0.25) is 0 Å². The van der Waals surface area contributed by atoms with Gasteiger partial charge in [0.05, 0.1) is 18.9 Å². The zero-order valence-corrected chi connectivity index (χ0v) is 13.5. The van der Waals surface area contributed by atoms with Gasteiger partial charge in [0.2, 0.25) is 5.91 Å². The molecule has 6 nitrogen and oxygen atoms in total. The van der Waals surface area contributed by atoms with Crippen LogP contribution < -0.4 is 4.74 Å². The van der Waals surface area contributed by atoms with Gasteiger partial charge in [-0.3, -0.25) is 4.79 Å². The number of ether oxygens (including phenoxy) is 1. The summed E-state index contributed by atoms with van der Waals surface area (Å²) >= 11 is 0. The fourth-order valence-electron chi connectivity index (χ4n) is 3.09. The number of para-hydroxylation sites is 1. The predicted molar refractivity (Wildman–Crippen MR) is 89.5 cm³/mol. The van der Waals surface area contributed by atoms with Crippen LogP contribution in [0.15, 0.2) is 48.9 Å². The van der Waals surface area contributed by atoms with Crippen LogP contribution in [0.3, 0.4) is 0 Å². The molecule has 1 atom stereocenters. The van der Waals surface area contributed by atoms with Crippen LogP contribution in [-0.4, -0.2) is 44.5 Å². The molecular weight excluding hydrogens is 323 g/mol. The summed E-state index contributed by atoms with van der Waals surface area (Å²) in [7, 11) is 0. The second-order valence-corrected chi connectivity index (χ2v) is 6.05. The van der Waals surface area contributed by atoms with Gasteiger partial charge in [0.25, 0.3) is 0 Å². The molecule has 0 N–H and O–H groups in total. The molecule has 128 valence electrons. The van der Waals surface area contributed by atoms with Crippen molar-refractivity contribution in [3.8, 4) is 6.01 Å². The topological polar surface area (TPSA) is 60.2 Å². The van der Waals surface area contributed by atoms with E-state index in [1.54, 1.807) is 4.90 Å². The Labute approximate surface area is 143 Å². The molecule has 0 saturated carbocycles. The number of carbonyl (C=O) groups is 1. The summed E-state index contributed by atoms with van der Waals surface area (Å²) in [6.45, 7) is 1.41. The van der Waals surface area contributed by atoms with Crippen LogP contribution in [0.1, 0.15) is 6.42 Å². The minimum absolute atomic E-state index is 0.0486. The van der Waals surface area contributed by atoms with Crippen LogP contribution >= 0.6 is 0 Å². The molecule has 3 heterocycles. The van der Waals surface area contributed by atoms with E-state index in [1.807, 2.05) is 41.1 Å². The van der Waals surface area contributed by atoms with Gasteiger partial charge in [0.1, 0.15) is 12.6 Å². The minimum atomic E-state index is -0.505. The lowest BCUT2D eigenvalue weighted by Gasteiger charge is -2.17. The van der Waals surface area contributed by atoms with E-state index in [0.29, 0.717) is 26.1 Å². The Morgan fingerprint density at radius 3 is 2.88 bits per heavy atom. The van der Waals surface area contributed by atoms with E-state index in [0.717, 1.165) is 23.3 Å². The van der Waals surface area contributed by atoms with E-state index in [4.69, 9.17) is 4.74 Å². The smallest absolute Gasteiger partial charge is 0.316 e. The first-order valence-corrected chi connectivity index (χ1v) is 8.15. The molecule has 0 radical (unpaired) electrons. The summed E-state index contributed by atoms with van der Waals surface area (Å²) in [5.74, 6) is -0.456. The maximum absolute atomic E-state index is 12.8. The zero-order chi connectivity index (χ0) is 17.2. The fraction of sp³-hybridized carbons (Fsp3) is 0.278. The normalized spacial score (nSPS) is 17.2. The van der Waals surface area contributed by atoms with Gasteiger partial charge in [0.15, 0.2) is 5.82 Å². The molecule has 3 aromatic rings. The summed E-state index contributed by atoms with van der Waals surface area (Å²) in [6.07, 6.45) is 4.60. The van der Waals surface area contributed by atoms with Gasteiger partial charge < -0.3 is 14.2 Å². The van der Waals surface area contributed by atoms with Gasteiger partial charge in [0, 0.05) is 24.7 Å². The number of halogens is 1. The Bertz CT molecular complexity index is 893. The van der Waals surface area contributed by atoms with E-state index >= 15 is 0 Å². The molecule has 1 saturated heterocycles. The number of hydrogen-bond acceptors (Lipinski definition) is 4. The van der Waals surface area contributed by atoms with Gasteiger partial charge >= 0.3 is 6.01 Å². The zero-order valence-electron chi connectivity index (χ0n) is 13.5. The monoisotopic (exact) mass is 340 g/mol. The van der Waals surface area contributed by atoms with Crippen molar-refractivity contribution in [2.45, 2.75) is 19.1 Å². The van der Waals surface area contributed by atoms with Crippen LogP contribution in [0.4, 0.5) is 4.39 Å². The number of likely N-dealkylation sites (tertiary alicyclic amines) is 1. The highest BCUT2D eigenvalue weighted by Gasteiger charge is 2.28. The number of nitrogens with zero attached hydrogens (tertiary/aromatic N) is 4. The largest absolute Gasteiger partial charge is 0.458 e. The molecule has 25 heavy (non-hydrogen) atoms. The summed E-state index contributed by atoms with van der Waals surface area (Å²) in [5.41, 5.74) is 1.04. The van der Waals surface area contributed by atoms with Crippen molar-refractivity contribution in [3.63, 3.8) is 0 Å². The summed E-state index contributed by atoms with van der Waals surface area (Å²) in [6, 6.07) is 10.1. The standard InChI is InChI=1S/C18H17FN4O2/c19-14-9-20-18(21-10-14)25-15-6-8-23(11-15)17(24)12-22-7-5-13-3-1-2-4-16(13)22/h1-5,7,9-10,15H,6,8,11-12H2/t15-/m0/s1. The number of amides is 1. The Morgan fingerprint density at radius 2 is 2.04 bits per heavy atom. The first-order valence-electron chi connectivity index (χ1n) is 8.15. The summed E-state index contributed by atoms with van der Waals surface area (Å²) in [4.78, 5) is 21.9. The third kappa shape index (κ3) is 3.31. The SMILES string of the molecule is O=C(Cn1ccc2ccccc21)N1CC[C@H](Oc2ncc(F)cn2)C1. The van der Waals surface area contributed by atoms with Gasteiger partial charge in [-0.15, -0.1) is 0 Å². The first-order chi connectivity index (χ1) is 12.2. The Balaban J connectivity index is 1.38. The molecule has 4 rings (SSSR count). The van der Waals surface area contributed by atoms with E-state index < -0.39 is 5.82 Å². The van der Waals surface area contributed by atoms with E-state index in [2.05, 4.69) is 9.97 Å². The lowest BCUT2D eigenvalue weighted by atomic mass is 10.2. The third-order valence-electron chi connectivity index (χ3n) is 4.35. The average Bonchev–Trinajstić information content (AvgIpc) is 3.25. The highest BCUT2D eigenvalue weighted by atomic mass is 19.1. The van der Waals surface area contributed by atoms with Crippen molar-refractivity contribution in [1.29, 1.82) is 0 Å². The summed E-state index contributed by atoms with van der Waals surface area (Å²) < 4.78 is 20.4. The van der Waals surface area contributed by atoms with Gasteiger partial charge in [-0.05, 0) is 17.5 Å². The quantitative estimate of drug-likeness (QED) is 0.731. The average molecular weight is 340 g/mol. The van der Waals surface area contributed by atoms with E-state index in [9.17, 15) is 9.18 Å². The lowest BCUT2D eigenvalue weighted by Crippen LogP contribution is -2.33. The highest BCUT2D eigenvalue weighted by Crippen LogP contribution is 2.18. The molecule has 1 aliphatic rings. The van der Waals surface area contributed by atoms with Gasteiger partial charge in [-0.1, -0.05) is 18.2 Å². The first kappa shape index (κ1) is 15.6. The van der Waals surface area contributed by atoms with Crippen molar-refractivity contribution in [3.05, 3.63) is 54.7 Å². The third-order valence-corrected chi connectivity index (χ3v) is 4.35.